The van der Waals surface area contributed by atoms with Crippen molar-refractivity contribution in [2.24, 2.45) is 0 Å². The summed E-state index contributed by atoms with van der Waals surface area (Å²) < 4.78 is 67.9. The molecular formula is C4H12Cl2N2O8. The Hall–Kier alpha value is 0.180. The van der Waals surface area contributed by atoms with Gasteiger partial charge in [0.15, 0.2) is 0 Å². The average molecular weight is 287 g/mol. The van der Waals surface area contributed by atoms with Crippen LogP contribution in [-0.4, -0.2) is 19.1 Å². The molecule has 0 aromatic carbocycles. The summed E-state index contributed by atoms with van der Waals surface area (Å²) >= 11 is 0. The Kier molecular flexibility index (Phi) is 9.62. The zero-order valence-corrected chi connectivity index (χ0v) is 9.52. The van der Waals surface area contributed by atoms with Crippen molar-refractivity contribution in [3.05, 3.63) is 0 Å². The molecule has 100 valence electrons. The van der Waals surface area contributed by atoms with Crippen LogP contribution in [-0.2, 0) is 0 Å². The molecule has 0 aromatic rings. The van der Waals surface area contributed by atoms with E-state index >= 15 is 0 Å². The Labute approximate surface area is 95.0 Å². The number of quaternary nitrogens is 2. The molecule has 1 saturated heterocycles. The first-order valence-corrected chi connectivity index (χ1v) is 6.24. The van der Waals surface area contributed by atoms with Crippen LogP contribution in [0.15, 0.2) is 0 Å². The average Bonchev–Trinajstić information content (AvgIpc) is 2.30. The minimum atomic E-state index is -4.94. The Morgan fingerprint density at radius 3 is 1.25 bits per heavy atom. The fourth-order valence-electron chi connectivity index (χ4n) is 0.825. The lowest BCUT2D eigenvalue weighted by atomic mass is 10.3. The van der Waals surface area contributed by atoms with Gasteiger partial charge < -0.3 is 11.1 Å². The van der Waals surface area contributed by atoms with Crippen molar-refractivity contribution in [3.8, 4) is 0 Å². The number of rotatable bonds is 0. The van der Waals surface area contributed by atoms with Crippen LogP contribution >= 0.6 is 0 Å². The monoisotopic (exact) mass is 286 g/mol. The van der Waals surface area contributed by atoms with Crippen LogP contribution < -0.4 is 48.3 Å². The first kappa shape index (κ1) is 18.5. The summed E-state index contributed by atoms with van der Waals surface area (Å²) in [7, 11) is -9.89. The lowest BCUT2D eigenvalue weighted by Crippen LogP contribution is -2.84. The van der Waals surface area contributed by atoms with Crippen molar-refractivity contribution >= 4 is 0 Å². The molecule has 0 amide bonds. The summed E-state index contributed by atoms with van der Waals surface area (Å²) in [5.41, 5.74) is 3.91. The van der Waals surface area contributed by atoms with Crippen molar-refractivity contribution in [2.75, 3.05) is 13.1 Å². The van der Waals surface area contributed by atoms with Gasteiger partial charge in [0, 0.05) is 0 Å². The summed E-state index contributed by atoms with van der Waals surface area (Å²) in [5, 5.41) is 2.32. The first-order valence-electron chi connectivity index (χ1n) is 3.78. The van der Waals surface area contributed by atoms with Crippen LogP contribution in [0, 0.1) is 20.5 Å². The lowest BCUT2D eigenvalue weighted by Gasteiger charge is -2.17. The van der Waals surface area contributed by atoms with Gasteiger partial charge in [-0.25, -0.2) is 37.3 Å². The SMILES string of the molecule is [NH3+][C@@H]1CC[NH2+]C1.[O-][Cl+3]([O-])([O-])[O-].[O-][Cl+3]([O-])([O-])[O-]. The van der Waals surface area contributed by atoms with Gasteiger partial charge in [0.25, 0.3) is 0 Å². The molecule has 0 aromatic heterocycles. The van der Waals surface area contributed by atoms with Gasteiger partial charge in [-0.05, 0) is 0 Å². The molecule has 0 saturated carbocycles. The van der Waals surface area contributed by atoms with Crippen molar-refractivity contribution in [1.82, 2.24) is 0 Å². The molecule has 0 aliphatic carbocycles. The molecule has 5 N–H and O–H groups in total. The molecule has 1 aliphatic heterocycles. The largest absolute Gasteiger partial charge is 0.350 e. The maximum atomic E-state index is 8.49. The number of halogens is 2. The molecular weight excluding hydrogens is 275 g/mol. The highest BCUT2D eigenvalue weighted by atomic mass is 35.7. The molecule has 0 unspecified atom stereocenters. The van der Waals surface area contributed by atoms with Crippen LogP contribution in [0.25, 0.3) is 0 Å². The minimum absolute atomic E-state index is 0.741. The van der Waals surface area contributed by atoms with Gasteiger partial charge in [-0.2, -0.15) is 0 Å². The second-order valence-electron chi connectivity index (χ2n) is 2.72. The van der Waals surface area contributed by atoms with Gasteiger partial charge in [-0.15, -0.1) is 20.5 Å². The third-order valence-electron chi connectivity index (χ3n) is 1.28. The van der Waals surface area contributed by atoms with E-state index < -0.39 is 20.5 Å². The Balaban J connectivity index is 0. The molecule has 1 atom stereocenters. The smallest absolute Gasteiger partial charge is 0.139 e. The van der Waals surface area contributed by atoms with Crippen LogP contribution in [0.4, 0.5) is 0 Å². The molecule has 1 fully saturated rings. The first-order chi connectivity index (χ1) is 6.89. The molecule has 0 bridgehead atoms. The molecule has 1 heterocycles. The van der Waals surface area contributed by atoms with E-state index in [4.69, 9.17) is 37.3 Å². The molecule has 1 aliphatic rings. The van der Waals surface area contributed by atoms with E-state index in [0.717, 1.165) is 6.04 Å². The van der Waals surface area contributed by atoms with Crippen molar-refractivity contribution in [1.29, 1.82) is 0 Å². The van der Waals surface area contributed by atoms with E-state index in [1.807, 2.05) is 0 Å². The summed E-state index contributed by atoms with van der Waals surface area (Å²) in [4.78, 5) is 0. The molecule has 0 radical (unpaired) electrons. The van der Waals surface area contributed by atoms with E-state index in [2.05, 4.69) is 11.1 Å². The van der Waals surface area contributed by atoms with Gasteiger partial charge in [0.2, 0.25) is 0 Å². The standard InChI is InChI=1S/C4H10N2.2ClHO4/c5-4-1-2-6-3-4;2*2-1(3,4)5/h4,6H,1-3,5H2;2*(H,2,3,4,5)/t4-;;/m1../s1. The second kappa shape index (κ2) is 8.30. The maximum absolute atomic E-state index is 8.49. The second-order valence-corrected chi connectivity index (χ2v) is 4.24. The third kappa shape index (κ3) is 47.8. The Morgan fingerprint density at radius 2 is 1.19 bits per heavy atom. The molecule has 10 nitrogen and oxygen atoms in total. The molecule has 16 heavy (non-hydrogen) atoms. The number of hydrogen-bond acceptors (Lipinski definition) is 8. The third-order valence-corrected chi connectivity index (χ3v) is 1.28. The van der Waals surface area contributed by atoms with Gasteiger partial charge in [0.05, 0.1) is 13.0 Å². The van der Waals surface area contributed by atoms with E-state index in [9.17, 15) is 0 Å². The summed E-state index contributed by atoms with van der Waals surface area (Å²) in [5.74, 6) is 0. The topological polar surface area (TPSA) is 229 Å². The normalized spacial score (nSPS) is 20.4. The highest BCUT2D eigenvalue weighted by Gasteiger charge is 2.14. The van der Waals surface area contributed by atoms with E-state index in [1.165, 1.54) is 19.5 Å². The summed E-state index contributed by atoms with van der Waals surface area (Å²) in [6.07, 6.45) is 1.32. The van der Waals surface area contributed by atoms with Crippen LogP contribution in [0.2, 0.25) is 0 Å². The van der Waals surface area contributed by atoms with Gasteiger partial charge in [-0.1, -0.05) is 0 Å². The maximum Gasteiger partial charge on any atom is 0.139 e. The fraction of sp³-hybridized carbons (Fsp3) is 1.00. The van der Waals surface area contributed by atoms with Crippen LogP contribution in [0.3, 0.4) is 0 Å². The molecule has 1 rings (SSSR count). The van der Waals surface area contributed by atoms with Gasteiger partial charge >= 0.3 is 0 Å². The predicted octanol–water partition coefficient (Wildman–Crippen LogP) is -11.9. The summed E-state index contributed by atoms with van der Waals surface area (Å²) in [6.45, 7) is 2.55. The van der Waals surface area contributed by atoms with E-state index in [-0.39, 0.29) is 0 Å². The zero-order chi connectivity index (χ0) is 13.4. The predicted molar refractivity (Wildman–Crippen MR) is 23.0 cm³/mol. The Bertz CT molecular complexity index is 140. The van der Waals surface area contributed by atoms with Crippen molar-refractivity contribution < 1.29 is 68.8 Å². The summed E-state index contributed by atoms with van der Waals surface area (Å²) in [6, 6.07) is 0.741. The van der Waals surface area contributed by atoms with E-state index in [0.29, 0.717) is 0 Å². The van der Waals surface area contributed by atoms with Gasteiger partial charge in [-0.3, -0.25) is 0 Å². The van der Waals surface area contributed by atoms with Gasteiger partial charge in [0.1, 0.15) is 12.6 Å². The quantitative estimate of drug-likeness (QED) is 0.433. The molecule has 12 heteroatoms. The number of nitrogens with two attached hydrogens (primary N) is 1. The molecule has 0 spiro atoms. The fourth-order valence-corrected chi connectivity index (χ4v) is 0.825. The highest BCUT2D eigenvalue weighted by molar-refractivity contribution is 4.51. The van der Waals surface area contributed by atoms with E-state index in [1.54, 1.807) is 0 Å². The highest BCUT2D eigenvalue weighted by Crippen LogP contribution is 1.79. The van der Waals surface area contributed by atoms with Crippen LogP contribution in [0.1, 0.15) is 6.42 Å². The minimum Gasteiger partial charge on any atom is -0.350 e. The number of hydrogen-bond donors (Lipinski definition) is 2. The Morgan fingerprint density at radius 1 is 0.875 bits per heavy atom. The lowest BCUT2D eigenvalue weighted by molar-refractivity contribution is -2.00. The van der Waals surface area contributed by atoms with Crippen molar-refractivity contribution in [3.63, 3.8) is 0 Å². The zero-order valence-electron chi connectivity index (χ0n) is 8.01. The van der Waals surface area contributed by atoms with Crippen molar-refractivity contribution in [2.45, 2.75) is 12.5 Å². The van der Waals surface area contributed by atoms with Crippen LogP contribution in [0.5, 0.6) is 0 Å².